The molecule has 0 saturated carbocycles. The number of nitrogens with one attached hydrogen (secondary N) is 1. The Kier molecular flexibility index (Phi) is 5.62. The highest BCUT2D eigenvalue weighted by atomic mass is 79.9. The molecule has 2 aromatic carbocycles. The molecule has 152 valence electrons. The van der Waals surface area contributed by atoms with Crippen molar-refractivity contribution in [2.45, 2.75) is 13.5 Å². The average molecular weight is 467 g/mol. The van der Waals surface area contributed by atoms with Crippen molar-refractivity contribution in [2.75, 3.05) is 12.4 Å². The fourth-order valence-corrected chi connectivity index (χ4v) is 3.45. The van der Waals surface area contributed by atoms with Crippen LogP contribution in [0.4, 0.5) is 5.82 Å². The smallest absolute Gasteiger partial charge is 0.279 e. The summed E-state index contributed by atoms with van der Waals surface area (Å²) in [5.74, 6) is 0.975. The number of carbonyl (C=O) groups is 1. The van der Waals surface area contributed by atoms with Crippen LogP contribution >= 0.6 is 15.9 Å². The second kappa shape index (κ2) is 8.50. The van der Waals surface area contributed by atoms with Crippen LogP contribution in [0.1, 0.15) is 21.7 Å². The van der Waals surface area contributed by atoms with Crippen molar-refractivity contribution < 1.29 is 9.53 Å². The molecule has 8 nitrogen and oxygen atoms in total. The lowest BCUT2D eigenvalue weighted by atomic mass is 10.2. The van der Waals surface area contributed by atoms with E-state index >= 15 is 0 Å². The minimum atomic E-state index is -0.346. The molecule has 4 aromatic rings. The van der Waals surface area contributed by atoms with Gasteiger partial charge < -0.3 is 10.1 Å². The fourth-order valence-electron chi connectivity index (χ4n) is 3.04. The molecular weight excluding hydrogens is 448 g/mol. The molecule has 0 unspecified atom stereocenters. The first kappa shape index (κ1) is 19.8. The summed E-state index contributed by atoms with van der Waals surface area (Å²) in [4.78, 5) is 12.9. The zero-order valence-corrected chi connectivity index (χ0v) is 18.0. The summed E-state index contributed by atoms with van der Waals surface area (Å²) in [6, 6.07) is 17.0. The lowest BCUT2D eigenvalue weighted by Crippen LogP contribution is -2.18. The van der Waals surface area contributed by atoms with Crippen LogP contribution in [0.2, 0.25) is 0 Å². The summed E-state index contributed by atoms with van der Waals surface area (Å²) in [7, 11) is 1.61. The molecule has 0 saturated heterocycles. The minimum absolute atomic E-state index is 0.249. The molecule has 0 radical (unpaired) electrons. The summed E-state index contributed by atoms with van der Waals surface area (Å²) in [5, 5.41) is 15.4. The molecule has 30 heavy (non-hydrogen) atoms. The maximum absolute atomic E-state index is 12.9. The van der Waals surface area contributed by atoms with Gasteiger partial charge in [0.15, 0.2) is 5.69 Å². The molecule has 0 fully saturated rings. The van der Waals surface area contributed by atoms with E-state index in [1.165, 1.54) is 0 Å². The summed E-state index contributed by atoms with van der Waals surface area (Å²) in [6.07, 6.45) is 1.65. The van der Waals surface area contributed by atoms with Gasteiger partial charge in [-0.25, -0.2) is 9.36 Å². The third-order valence-electron chi connectivity index (χ3n) is 4.66. The zero-order chi connectivity index (χ0) is 21.1. The van der Waals surface area contributed by atoms with Crippen LogP contribution in [0, 0.1) is 6.92 Å². The first-order chi connectivity index (χ1) is 14.6. The van der Waals surface area contributed by atoms with E-state index in [-0.39, 0.29) is 11.6 Å². The predicted octanol–water partition coefficient (Wildman–Crippen LogP) is 3.84. The van der Waals surface area contributed by atoms with Crippen molar-refractivity contribution in [3.05, 3.63) is 82.2 Å². The van der Waals surface area contributed by atoms with Crippen LogP contribution in [0.25, 0.3) is 5.69 Å². The number of carbonyl (C=O) groups excluding carboxylic acids is 1. The van der Waals surface area contributed by atoms with E-state index in [9.17, 15) is 4.79 Å². The molecule has 0 atom stereocenters. The van der Waals surface area contributed by atoms with E-state index in [1.54, 1.807) is 35.7 Å². The summed E-state index contributed by atoms with van der Waals surface area (Å²) < 4.78 is 9.50. The molecule has 9 heteroatoms. The van der Waals surface area contributed by atoms with Gasteiger partial charge in [0.05, 0.1) is 31.2 Å². The van der Waals surface area contributed by atoms with Gasteiger partial charge in [-0.05, 0) is 42.8 Å². The Morgan fingerprint density at radius 3 is 2.63 bits per heavy atom. The Labute approximate surface area is 181 Å². The molecule has 4 rings (SSSR count). The van der Waals surface area contributed by atoms with Gasteiger partial charge in [0.1, 0.15) is 11.6 Å². The number of methoxy groups -OCH3 is 1. The predicted molar refractivity (Wildman–Crippen MR) is 116 cm³/mol. The molecule has 0 spiro atoms. The SMILES string of the molecule is COc1ccc(-n2nnc(C(=O)Nc3ccnn3Cc3ccccc3Br)c2C)cc1. The fraction of sp³-hybridized carbons (Fsp3) is 0.143. The zero-order valence-electron chi connectivity index (χ0n) is 16.4. The van der Waals surface area contributed by atoms with Crippen molar-refractivity contribution in [3.8, 4) is 11.4 Å². The van der Waals surface area contributed by atoms with Crippen LogP contribution < -0.4 is 10.1 Å². The normalized spacial score (nSPS) is 10.8. The average Bonchev–Trinajstić information content (AvgIpc) is 3.36. The van der Waals surface area contributed by atoms with Crippen LogP contribution in [-0.2, 0) is 6.54 Å². The summed E-state index contributed by atoms with van der Waals surface area (Å²) >= 11 is 3.54. The number of aromatic nitrogens is 5. The number of benzene rings is 2. The standard InChI is InChI=1S/C21H19BrN6O2/c1-14-20(25-26-28(14)16-7-9-17(30-2)10-8-16)21(29)24-19-11-12-23-27(19)13-15-5-3-4-6-18(15)22/h3-12H,13H2,1-2H3,(H,24,29). The third-order valence-corrected chi connectivity index (χ3v) is 5.44. The number of hydrogen-bond donors (Lipinski definition) is 1. The number of amides is 1. The lowest BCUT2D eigenvalue weighted by Gasteiger charge is -2.10. The van der Waals surface area contributed by atoms with E-state index in [0.29, 0.717) is 18.1 Å². The molecule has 0 bridgehead atoms. The summed E-state index contributed by atoms with van der Waals surface area (Å²) in [6.45, 7) is 2.32. The number of nitrogens with zero attached hydrogens (tertiary/aromatic N) is 5. The largest absolute Gasteiger partial charge is 0.497 e. The highest BCUT2D eigenvalue weighted by molar-refractivity contribution is 9.10. The summed E-state index contributed by atoms with van der Waals surface area (Å²) in [5.41, 5.74) is 2.73. The van der Waals surface area contributed by atoms with Gasteiger partial charge in [-0.3, -0.25) is 4.79 Å². The van der Waals surface area contributed by atoms with Crippen LogP contribution in [-0.4, -0.2) is 37.8 Å². The maximum atomic E-state index is 12.9. The van der Waals surface area contributed by atoms with E-state index in [0.717, 1.165) is 21.5 Å². The molecule has 2 heterocycles. The Morgan fingerprint density at radius 2 is 1.90 bits per heavy atom. The van der Waals surface area contributed by atoms with Gasteiger partial charge in [0.2, 0.25) is 0 Å². The second-order valence-corrected chi connectivity index (χ2v) is 7.41. The molecule has 1 N–H and O–H groups in total. The van der Waals surface area contributed by atoms with E-state index in [1.807, 2.05) is 48.5 Å². The van der Waals surface area contributed by atoms with Gasteiger partial charge in [0, 0.05) is 10.5 Å². The molecule has 0 aliphatic heterocycles. The van der Waals surface area contributed by atoms with Gasteiger partial charge in [-0.1, -0.05) is 39.3 Å². The highest BCUT2D eigenvalue weighted by Crippen LogP contribution is 2.20. The first-order valence-corrected chi connectivity index (χ1v) is 9.99. The lowest BCUT2D eigenvalue weighted by molar-refractivity contribution is 0.102. The van der Waals surface area contributed by atoms with Crippen molar-refractivity contribution in [1.82, 2.24) is 24.8 Å². The Morgan fingerprint density at radius 1 is 1.13 bits per heavy atom. The molecule has 2 aromatic heterocycles. The first-order valence-electron chi connectivity index (χ1n) is 9.20. The highest BCUT2D eigenvalue weighted by Gasteiger charge is 2.19. The molecule has 0 aliphatic rings. The maximum Gasteiger partial charge on any atom is 0.279 e. The van der Waals surface area contributed by atoms with Crippen molar-refractivity contribution in [3.63, 3.8) is 0 Å². The van der Waals surface area contributed by atoms with Gasteiger partial charge in [-0.2, -0.15) is 5.10 Å². The number of halogens is 1. The van der Waals surface area contributed by atoms with Gasteiger partial charge in [-0.15, -0.1) is 5.10 Å². The Bertz CT molecular complexity index is 1180. The number of ether oxygens (including phenoxy) is 1. The Hall–Kier alpha value is -3.46. The monoisotopic (exact) mass is 466 g/mol. The molecule has 1 amide bonds. The molecular formula is C21H19BrN6O2. The van der Waals surface area contributed by atoms with Crippen molar-refractivity contribution in [2.24, 2.45) is 0 Å². The minimum Gasteiger partial charge on any atom is -0.497 e. The van der Waals surface area contributed by atoms with Crippen LogP contribution in [0.3, 0.4) is 0 Å². The topological polar surface area (TPSA) is 86.9 Å². The van der Waals surface area contributed by atoms with E-state index in [2.05, 4.69) is 36.7 Å². The number of rotatable bonds is 6. The Balaban J connectivity index is 1.53. The van der Waals surface area contributed by atoms with Crippen molar-refractivity contribution >= 4 is 27.7 Å². The number of anilines is 1. The van der Waals surface area contributed by atoms with Gasteiger partial charge in [0.25, 0.3) is 5.91 Å². The molecule has 0 aliphatic carbocycles. The van der Waals surface area contributed by atoms with Gasteiger partial charge >= 0.3 is 0 Å². The van der Waals surface area contributed by atoms with E-state index in [4.69, 9.17) is 4.74 Å². The quantitative estimate of drug-likeness (QED) is 0.466. The number of hydrogen-bond acceptors (Lipinski definition) is 5. The third kappa shape index (κ3) is 3.97. The van der Waals surface area contributed by atoms with Crippen molar-refractivity contribution in [1.29, 1.82) is 0 Å². The van der Waals surface area contributed by atoms with Crippen LogP contribution in [0.15, 0.2) is 65.3 Å². The van der Waals surface area contributed by atoms with Crippen LogP contribution in [0.5, 0.6) is 5.75 Å². The second-order valence-electron chi connectivity index (χ2n) is 6.55. The van der Waals surface area contributed by atoms with E-state index < -0.39 is 0 Å².